The average Bonchev–Trinajstić information content (AvgIpc) is 2.60. The van der Waals surface area contributed by atoms with Crippen molar-refractivity contribution in [3.8, 4) is 6.07 Å². The van der Waals surface area contributed by atoms with Crippen molar-refractivity contribution in [2.24, 2.45) is 0 Å². The minimum Gasteiger partial charge on any atom is -0.245 e. The Morgan fingerprint density at radius 1 is 1.54 bits per heavy atom. The Hall–Kier alpha value is -1.89. The molecular formula is C9H8N4. The van der Waals surface area contributed by atoms with Crippen molar-refractivity contribution in [2.75, 3.05) is 0 Å². The highest BCUT2D eigenvalue weighted by Gasteiger charge is 2.05. The first-order valence-corrected chi connectivity index (χ1v) is 4.09. The Morgan fingerprint density at radius 3 is 3.08 bits per heavy atom. The molecule has 0 spiro atoms. The molecule has 0 atom stereocenters. The van der Waals surface area contributed by atoms with Gasteiger partial charge in [-0.1, -0.05) is 11.3 Å². The molecule has 0 fully saturated rings. The Morgan fingerprint density at radius 2 is 2.38 bits per heavy atom. The van der Waals surface area contributed by atoms with Gasteiger partial charge in [0, 0.05) is 6.54 Å². The topological polar surface area (TPSA) is 54.5 Å². The zero-order valence-electron chi connectivity index (χ0n) is 7.23. The number of benzene rings is 1. The van der Waals surface area contributed by atoms with E-state index in [1.54, 1.807) is 10.7 Å². The van der Waals surface area contributed by atoms with Crippen LogP contribution in [0.3, 0.4) is 0 Å². The highest BCUT2D eigenvalue weighted by molar-refractivity contribution is 5.80. The Bertz CT molecular complexity index is 478. The highest BCUT2D eigenvalue weighted by Crippen LogP contribution is 2.14. The van der Waals surface area contributed by atoms with E-state index in [9.17, 15) is 0 Å². The molecule has 0 N–H and O–H groups in total. The summed E-state index contributed by atoms with van der Waals surface area (Å²) in [7, 11) is 0. The molecule has 0 aliphatic rings. The number of aryl methyl sites for hydroxylation is 1. The van der Waals surface area contributed by atoms with E-state index in [0.717, 1.165) is 12.1 Å². The van der Waals surface area contributed by atoms with Gasteiger partial charge < -0.3 is 0 Å². The second kappa shape index (κ2) is 2.87. The molecule has 64 valence electrons. The van der Waals surface area contributed by atoms with Crippen LogP contribution in [0.5, 0.6) is 0 Å². The predicted molar refractivity (Wildman–Crippen MR) is 47.9 cm³/mol. The van der Waals surface area contributed by atoms with Crippen LogP contribution in [0, 0.1) is 11.3 Å². The number of hydrogen-bond donors (Lipinski definition) is 0. The molecule has 0 aliphatic carbocycles. The molecule has 1 heterocycles. The molecule has 0 radical (unpaired) electrons. The standard InChI is InChI=1S/C9H8N4/c1-2-13-8-5-3-4-7(6-10)9(8)11-12-13/h3-5H,2H2,1H3. The number of nitriles is 1. The van der Waals surface area contributed by atoms with Crippen LogP contribution in [0.15, 0.2) is 18.2 Å². The molecular weight excluding hydrogens is 164 g/mol. The van der Waals surface area contributed by atoms with Gasteiger partial charge in [-0.2, -0.15) is 5.26 Å². The maximum absolute atomic E-state index is 8.79. The van der Waals surface area contributed by atoms with Crippen LogP contribution in [0.25, 0.3) is 11.0 Å². The third-order valence-electron chi connectivity index (χ3n) is 1.97. The zero-order chi connectivity index (χ0) is 9.26. The summed E-state index contributed by atoms with van der Waals surface area (Å²) in [4.78, 5) is 0. The first-order chi connectivity index (χ1) is 6.36. The fourth-order valence-corrected chi connectivity index (χ4v) is 1.32. The number of rotatable bonds is 1. The minimum absolute atomic E-state index is 0.581. The van der Waals surface area contributed by atoms with E-state index in [0.29, 0.717) is 11.1 Å². The van der Waals surface area contributed by atoms with E-state index >= 15 is 0 Å². The summed E-state index contributed by atoms with van der Waals surface area (Å²) in [5.74, 6) is 0. The van der Waals surface area contributed by atoms with E-state index < -0.39 is 0 Å². The second-order valence-electron chi connectivity index (χ2n) is 2.69. The Labute approximate surface area is 75.4 Å². The van der Waals surface area contributed by atoms with Crippen LogP contribution in [-0.2, 0) is 6.54 Å². The van der Waals surface area contributed by atoms with Crippen LogP contribution in [0.1, 0.15) is 12.5 Å². The second-order valence-corrected chi connectivity index (χ2v) is 2.69. The smallest absolute Gasteiger partial charge is 0.130 e. The van der Waals surface area contributed by atoms with Gasteiger partial charge in [0.2, 0.25) is 0 Å². The minimum atomic E-state index is 0.581. The van der Waals surface area contributed by atoms with Crippen molar-refractivity contribution in [3.05, 3.63) is 23.8 Å². The van der Waals surface area contributed by atoms with Gasteiger partial charge in [0.05, 0.1) is 11.1 Å². The summed E-state index contributed by atoms with van der Waals surface area (Å²) in [6.45, 7) is 2.76. The molecule has 1 aromatic carbocycles. The molecule has 2 aromatic rings. The lowest BCUT2D eigenvalue weighted by molar-refractivity contribution is 0.646. The molecule has 2 rings (SSSR count). The Kier molecular flexibility index (Phi) is 1.71. The fourth-order valence-electron chi connectivity index (χ4n) is 1.32. The van der Waals surface area contributed by atoms with Crippen LogP contribution in [0.4, 0.5) is 0 Å². The fraction of sp³-hybridized carbons (Fsp3) is 0.222. The van der Waals surface area contributed by atoms with E-state index in [1.165, 1.54) is 0 Å². The SMILES string of the molecule is CCn1nnc2c(C#N)cccc21. The van der Waals surface area contributed by atoms with Crippen LogP contribution in [-0.4, -0.2) is 15.0 Å². The van der Waals surface area contributed by atoms with Gasteiger partial charge in [-0.25, -0.2) is 4.68 Å². The summed E-state index contributed by atoms with van der Waals surface area (Å²) in [6.07, 6.45) is 0. The summed E-state index contributed by atoms with van der Waals surface area (Å²) < 4.78 is 1.77. The van der Waals surface area contributed by atoms with Crippen molar-refractivity contribution in [1.82, 2.24) is 15.0 Å². The first-order valence-electron chi connectivity index (χ1n) is 4.09. The molecule has 0 unspecified atom stereocenters. The van der Waals surface area contributed by atoms with Crippen molar-refractivity contribution >= 4 is 11.0 Å². The normalized spacial score (nSPS) is 10.2. The molecule has 0 aliphatic heterocycles. The summed E-state index contributed by atoms with van der Waals surface area (Å²) in [6, 6.07) is 7.60. The lowest BCUT2D eigenvalue weighted by Crippen LogP contribution is -1.95. The third-order valence-corrected chi connectivity index (χ3v) is 1.97. The van der Waals surface area contributed by atoms with E-state index in [2.05, 4.69) is 16.4 Å². The van der Waals surface area contributed by atoms with E-state index in [1.807, 2.05) is 19.1 Å². The zero-order valence-corrected chi connectivity index (χ0v) is 7.23. The third kappa shape index (κ3) is 1.05. The maximum atomic E-state index is 8.79. The highest BCUT2D eigenvalue weighted by atomic mass is 15.4. The number of nitrogens with zero attached hydrogens (tertiary/aromatic N) is 4. The van der Waals surface area contributed by atoms with Crippen LogP contribution >= 0.6 is 0 Å². The van der Waals surface area contributed by atoms with Gasteiger partial charge in [0.1, 0.15) is 11.6 Å². The van der Waals surface area contributed by atoms with Gasteiger partial charge in [0.15, 0.2) is 0 Å². The molecule has 0 amide bonds. The Balaban J connectivity index is 2.81. The average molecular weight is 172 g/mol. The van der Waals surface area contributed by atoms with E-state index in [-0.39, 0.29) is 0 Å². The van der Waals surface area contributed by atoms with Crippen molar-refractivity contribution in [3.63, 3.8) is 0 Å². The molecule has 13 heavy (non-hydrogen) atoms. The summed E-state index contributed by atoms with van der Waals surface area (Å²) >= 11 is 0. The molecule has 4 heteroatoms. The van der Waals surface area contributed by atoms with Gasteiger partial charge >= 0.3 is 0 Å². The molecule has 4 nitrogen and oxygen atoms in total. The van der Waals surface area contributed by atoms with Crippen LogP contribution < -0.4 is 0 Å². The summed E-state index contributed by atoms with van der Waals surface area (Å²) in [5, 5.41) is 16.7. The molecule has 0 saturated carbocycles. The maximum Gasteiger partial charge on any atom is 0.130 e. The van der Waals surface area contributed by atoms with Crippen molar-refractivity contribution in [1.29, 1.82) is 5.26 Å². The van der Waals surface area contributed by atoms with Crippen molar-refractivity contribution < 1.29 is 0 Å². The van der Waals surface area contributed by atoms with Gasteiger partial charge in [-0.3, -0.25) is 0 Å². The lowest BCUT2D eigenvalue weighted by atomic mass is 10.2. The number of fused-ring (bicyclic) bond motifs is 1. The number of hydrogen-bond acceptors (Lipinski definition) is 3. The predicted octanol–water partition coefficient (Wildman–Crippen LogP) is 1.32. The lowest BCUT2D eigenvalue weighted by Gasteiger charge is -1.95. The monoisotopic (exact) mass is 172 g/mol. The quantitative estimate of drug-likeness (QED) is 0.651. The van der Waals surface area contributed by atoms with Gasteiger partial charge in [-0.05, 0) is 19.1 Å². The molecule has 0 bridgehead atoms. The largest absolute Gasteiger partial charge is 0.245 e. The van der Waals surface area contributed by atoms with Crippen molar-refractivity contribution in [2.45, 2.75) is 13.5 Å². The molecule has 0 saturated heterocycles. The van der Waals surface area contributed by atoms with Gasteiger partial charge in [0.25, 0.3) is 0 Å². The molecule has 1 aromatic heterocycles. The van der Waals surface area contributed by atoms with Gasteiger partial charge in [-0.15, -0.1) is 5.10 Å². The van der Waals surface area contributed by atoms with E-state index in [4.69, 9.17) is 5.26 Å². The number of aromatic nitrogens is 3. The summed E-state index contributed by atoms with van der Waals surface area (Å²) in [5.41, 5.74) is 2.19. The first kappa shape index (κ1) is 7.74. The van der Waals surface area contributed by atoms with Crippen LogP contribution in [0.2, 0.25) is 0 Å².